The van der Waals surface area contributed by atoms with E-state index in [1.54, 1.807) is 46.9 Å². The Morgan fingerprint density at radius 2 is 1.21 bits per heavy atom. The maximum atomic E-state index is 14.0. The molecule has 5 nitrogen and oxygen atoms in total. The van der Waals surface area contributed by atoms with E-state index < -0.39 is 17.8 Å². The maximum absolute atomic E-state index is 14.0. The molecule has 0 fully saturated rings. The largest absolute Gasteiger partial charge is 0.424 e. The van der Waals surface area contributed by atoms with Gasteiger partial charge in [0.25, 0.3) is 11.8 Å². The van der Waals surface area contributed by atoms with Crippen LogP contribution in [0, 0.1) is 41.5 Å². The van der Waals surface area contributed by atoms with Crippen LogP contribution in [-0.2, 0) is 14.4 Å². The second-order valence-corrected chi connectivity index (χ2v) is 11.0. The molecule has 0 bridgehead atoms. The summed E-state index contributed by atoms with van der Waals surface area (Å²) in [5, 5.41) is 0. The van der Waals surface area contributed by atoms with Crippen LogP contribution in [0.1, 0.15) is 48.7 Å². The van der Waals surface area contributed by atoms with Gasteiger partial charge < -0.3 is 4.74 Å². The van der Waals surface area contributed by atoms with Crippen molar-refractivity contribution in [3.05, 3.63) is 66.0 Å². The summed E-state index contributed by atoms with van der Waals surface area (Å²) in [5.41, 5.74) is 4.75. The predicted octanol–water partition coefficient (Wildman–Crippen LogP) is 6.07. The summed E-state index contributed by atoms with van der Waals surface area (Å²) in [6.45, 7) is 13.3. The Morgan fingerprint density at radius 3 is 1.61 bits per heavy atom. The number of carbonyl (C=O) groups excluding carboxylic acids is 3. The van der Waals surface area contributed by atoms with Crippen molar-refractivity contribution < 1.29 is 19.1 Å². The molecule has 0 atom stereocenters. The molecule has 1 aliphatic rings. The normalized spacial score (nSPS) is 14.0. The minimum atomic E-state index is -0.518. The van der Waals surface area contributed by atoms with Crippen molar-refractivity contribution in [1.82, 2.24) is 0 Å². The standard InChI is InChI=1S/C26H25NO4S2/c1-12-14(3)32-16(5)21(12)23-24(22-13(2)15(4)33-17(22)6)26(30)27(25(23)29)19-10-8-9-11-20(19)31-18(7)28/h8-11H,1-7H3. The van der Waals surface area contributed by atoms with E-state index in [1.807, 2.05) is 41.5 Å². The summed E-state index contributed by atoms with van der Waals surface area (Å²) in [5.74, 6) is -1.14. The van der Waals surface area contributed by atoms with E-state index in [-0.39, 0.29) is 11.4 Å². The molecular weight excluding hydrogens is 454 g/mol. The molecule has 7 heteroatoms. The molecule has 2 aromatic heterocycles. The number of thiophene rings is 2. The van der Waals surface area contributed by atoms with E-state index in [0.717, 1.165) is 46.7 Å². The van der Waals surface area contributed by atoms with E-state index >= 15 is 0 Å². The fourth-order valence-corrected chi connectivity index (χ4v) is 6.56. The van der Waals surface area contributed by atoms with Crippen molar-refractivity contribution in [1.29, 1.82) is 0 Å². The van der Waals surface area contributed by atoms with E-state index in [2.05, 4.69) is 0 Å². The second-order valence-electron chi connectivity index (χ2n) is 8.19. The van der Waals surface area contributed by atoms with Gasteiger partial charge in [-0.1, -0.05) is 12.1 Å². The highest BCUT2D eigenvalue weighted by molar-refractivity contribution is 7.12. The van der Waals surface area contributed by atoms with Crippen LogP contribution in [0.4, 0.5) is 5.69 Å². The molecule has 170 valence electrons. The number of esters is 1. The number of rotatable bonds is 4. The minimum Gasteiger partial charge on any atom is -0.424 e. The number of carbonyl (C=O) groups is 3. The Bertz CT molecular complexity index is 1300. The van der Waals surface area contributed by atoms with E-state index in [4.69, 9.17) is 4.74 Å². The van der Waals surface area contributed by atoms with Crippen molar-refractivity contribution in [2.45, 2.75) is 48.5 Å². The third-order valence-corrected chi connectivity index (χ3v) is 8.31. The van der Waals surface area contributed by atoms with Crippen LogP contribution >= 0.6 is 22.7 Å². The van der Waals surface area contributed by atoms with Crippen LogP contribution in [0.15, 0.2) is 24.3 Å². The lowest BCUT2D eigenvalue weighted by Gasteiger charge is -2.18. The van der Waals surface area contributed by atoms with E-state index in [9.17, 15) is 14.4 Å². The van der Waals surface area contributed by atoms with Gasteiger partial charge in [-0.05, 0) is 64.8 Å². The smallest absolute Gasteiger partial charge is 0.308 e. The van der Waals surface area contributed by atoms with Crippen LogP contribution in [0.5, 0.6) is 5.75 Å². The average Bonchev–Trinajstić information content (AvgIpc) is 3.24. The van der Waals surface area contributed by atoms with Crippen LogP contribution in [-0.4, -0.2) is 17.8 Å². The summed E-state index contributed by atoms with van der Waals surface area (Å²) >= 11 is 3.24. The fraction of sp³-hybridized carbons (Fsp3) is 0.269. The maximum Gasteiger partial charge on any atom is 0.308 e. The average molecular weight is 480 g/mol. The topological polar surface area (TPSA) is 63.7 Å². The number of hydrogen-bond donors (Lipinski definition) is 0. The zero-order valence-electron chi connectivity index (χ0n) is 19.7. The molecule has 0 N–H and O–H groups in total. The van der Waals surface area contributed by atoms with Crippen LogP contribution < -0.4 is 9.64 Å². The predicted molar refractivity (Wildman–Crippen MR) is 134 cm³/mol. The zero-order chi connectivity index (χ0) is 24.2. The Morgan fingerprint density at radius 1 is 0.758 bits per heavy atom. The first kappa shape index (κ1) is 23.1. The highest BCUT2D eigenvalue weighted by Crippen LogP contribution is 2.47. The third kappa shape index (κ3) is 3.65. The van der Waals surface area contributed by atoms with Crippen LogP contribution in [0.3, 0.4) is 0 Å². The Kier molecular flexibility index (Phi) is 5.88. The summed E-state index contributed by atoms with van der Waals surface area (Å²) < 4.78 is 5.34. The van der Waals surface area contributed by atoms with Crippen molar-refractivity contribution in [2.75, 3.05) is 4.90 Å². The number of hydrogen-bond acceptors (Lipinski definition) is 6. The number of aryl methyl sites for hydroxylation is 4. The number of para-hydroxylation sites is 2. The molecule has 3 aromatic rings. The van der Waals surface area contributed by atoms with Crippen molar-refractivity contribution in [3.63, 3.8) is 0 Å². The summed E-state index contributed by atoms with van der Waals surface area (Å²) in [6.07, 6.45) is 0. The monoisotopic (exact) mass is 479 g/mol. The molecule has 0 unspecified atom stereocenters. The Labute approximate surface area is 201 Å². The number of amides is 2. The number of nitrogens with zero attached hydrogens (tertiary/aromatic N) is 1. The van der Waals surface area contributed by atoms with Gasteiger partial charge in [-0.2, -0.15) is 0 Å². The van der Waals surface area contributed by atoms with Crippen molar-refractivity contribution in [2.24, 2.45) is 0 Å². The first-order valence-electron chi connectivity index (χ1n) is 10.6. The SMILES string of the molecule is CC(=O)Oc1ccccc1N1C(=O)C(c2c(C)sc(C)c2C)=C(c2c(C)sc(C)c2C)C1=O. The lowest BCUT2D eigenvalue weighted by atomic mass is 9.92. The minimum absolute atomic E-state index is 0.178. The van der Waals surface area contributed by atoms with Crippen LogP contribution in [0.2, 0.25) is 0 Å². The van der Waals surface area contributed by atoms with Gasteiger partial charge in [0.15, 0.2) is 5.75 Å². The molecule has 2 amide bonds. The van der Waals surface area contributed by atoms with Gasteiger partial charge in [-0.25, -0.2) is 4.90 Å². The van der Waals surface area contributed by atoms with Gasteiger partial charge in [0.2, 0.25) is 0 Å². The molecule has 4 rings (SSSR count). The first-order chi connectivity index (χ1) is 15.5. The van der Waals surface area contributed by atoms with Gasteiger partial charge in [0, 0.05) is 37.6 Å². The highest BCUT2D eigenvalue weighted by atomic mass is 32.1. The number of benzene rings is 1. The van der Waals surface area contributed by atoms with Crippen LogP contribution in [0.25, 0.3) is 11.1 Å². The summed E-state index contributed by atoms with van der Waals surface area (Å²) in [6, 6.07) is 6.64. The lowest BCUT2D eigenvalue weighted by molar-refractivity contribution is -0.132. The molecule has 1 aromatic carbocycles. The summed E-state index contributed by atoms with van der Waals surface area (Å²) in [4.78, 5) is 45.0. The number of ether oxygens (including phenoxy) is 1. The molecular formula is C26H25NO4S2. The Hall–Kier alpha value is -3.03. The molecule has 0 aliphatic carbocycles. The second kappa shape index (κ2) is 8.39. The highest BCUT2D eigenvalue weighted by Gasteiger charge is 2.44. The van der Waals surface area contributed by atoms with Gasteiger partial charge in [0.1, 0.15) is 0 Å². The molecule has 0 saturated heterocycles. The van der Waals surface area contributed by atoms with Gasteiger partial charge in [-0.3, -0.25) is 14.4 Å². The van der Waals surface area contributed by atoms with Crippen molar-refractivity contribution in [3.8, 4) is 5.75 Å². The van der Waals surface area contributed by atoms with E-state index in [1.165, 1.54) is 6.92 Å². The molecule has 0 radical (unpaired) electrons. The van der Waals surface area contributed by atoms with E-state index in [0.29, 0.717) is 11.1 Å². The first-order valence-corrected chi connectivity index (χ1v) is 12.2. The molecule has 0 spiro atoms. The third-order valence-electron chi connectivity index (χ3n) is 6.07. The van der Waals surface area contributed by atoms with Gasteiger partial charge >= 0.3 is 5.97 Å². The molecule has 0 saturated carbocycles. The molecule has 33 heavy (non-hydrogen) atoms. The summed E-state index contributed by atoms with van der Waals surface area (Å²) in [7, 11) is 0. The zero-order valence-corrected chi connectivity index (χ0v) is 21.3. The Balaban J connectivity index is 2.02. The van der Waals surface area contributed by atoms with Gasteiger partial charge in [-0.15, -0.1) is 22.7 Å². The van der Waals surface area contributed by atoms with Gasteiger partial charge in [0.05, 0.1) is 16.8 Å². The quantitative estimate of drug-likeness (QED) is 0.259. The lowest BCUT2D eigenvalue weighted by Crippen LogP contribution is -2.32. The number of imide groups is 1. The fourth-order valence-electron chi connectivity index (χ4n) is 4.42. The number of anilines is 1. The molecule has 3 heterocycles. The van der Waals surface area contributed by atoms with Crippen molar-refractivity contribution >= 4 is 57.3 Å². The molecule has 1 aliphatic heterocycles.